The van der Waals surface area contributed by atoms with Gasteiger partial charge in [0.25, 0.3) is 0 Å². The number of hydrogen-bond donors (Lipinski definition) is 1. The van der Waals surface area contributed by atoms with Crippen LogP contribution in [0.2, 0.25) is 0 Å². The summed E-state index contributed by atoms with van der Waals surface area (Å²) in [5.74, 6) is -1.09. The van der Waals surface area contributed by atoms with Crippen LogP contribution >= 0.6 is 0 Å². The molecule has 6 nitrogen and oxygen atoms in total. The number of rotatable bonds is 3. The third-order valence-corrected chi connectivity index (χ3v) is 4.57. The lowest BCUT2D eigenvalue weighted by atomic mass is 10.1. The van der Waals surface area contributed by atoms with Crippen LogP contribution in [0.5, 0.6) is 0 Å². The van der Waals surface area contributed by atoms with Gasteiger partial charge in [0.1, 0.15) is 10.7 Å². The van der Waals surface area contributed by atoms with Crippen LogP contribution in [-0.4, -0.2) is 23.2 Å². The molecule has 0 radical (unpaired) electrons. The summed E-state index contributed by atoms with van der Waals surface area (Å²) in [6.07, 6.45) is -4.73. The average molecular weight is 400 g/mol. The number of alkyl halides is 3. The second kappa shape index (κ2) is 6.43. The summed E-state index contributed by atoms with van der Waals surface area (Å²) in [6.45, 7) is 1.65. The topological polar surface area (TPSA) is 90.9 Å². The number of aryl methyl sites for hydroxylation is 1. The smallest absolute Gasteiger partial charge is 0.234 e. The molecule has 0 amide bonds. The van der Waals surface area contributed by atoms with E-state index in [0.717, 1.165) is 28.9 Å². The van der Waals surface area contributed by atoms with Crippen LogP contribution < -0.4 is 5.14 Å². The summed E-state index contributed by atoms with van der Waals surface area (Å²) in [7, 11) is -4.31. The Bertz CT molecular complexity index is 1120. The van der Waals surface area contributed by atoms with Crippen LogP contribution in [0.3, 0.4) is 0 Å². The van der Waals surface area contributed by atoms with Crippen LogP contribution in [0.4, 0.5) is 17.6 Å². The van der Waals surface area contributed by atoms with E-state index < -0.39 is 32.6 Å². The Labute approximate surface area is 151 Å². The fourth-order valence-electron chi connectivity index (χ4n) is 2.44. The Kier molecular flexibility index (Phi) is 4.52. The van der Waals surface area contributed by atoms with Crippen molar-refractivity contribution in [2.24, 2.45) is 5.14 Å². The largest absolute Gasteiger partial charge is 0.435 e. The summed E-state index contributed by atoms with van der Waals surface area (Å²) in [4.78, 5) is 3.37. The van der Waals surface area contributed by atoms with Crippen molar-refractivity contribution in [1.82, 2.24) is 14.8 Å². The molecule has 3 rings (SSSR count). The van der Waals surface area contributed by atoms with Gasteiger partial charge in [0.05, 0.1) is 5.69 Å². The van der Waals surface area contributed by atoms with E-state index in [0.29, 0.717) is 5.69 Å². The summed E-state index contributed by atoms with van der Waals surface area (Å²) in [6, 6.07) is 8.22. The molecule has 0 atom stereocenters. The lowest BCUT2D eigenvalue weighted by molar-refractivity contribution is -0.141. The second-order valence-electron chi connectivity index (χ2n) is 5.65. The zero-order valence-electron chi connectivity index (χ0n) is 13.7. The highest BCUT2D eigenvalue weighted by molar-refractivity contribution is 7.89. The molecule has 11 heteroatoms. The number of sulfonamides is 1. The molecule has 0 spiro atoms. The standard InChI is InChI=1S/C16H12F4N4O2S/c1-9-3-2-4-15(22-9)24-12(8-14(23-24)16(18,19)20)10-5-6-13(11(17)7-10)27(21,25)26/h2-8H,1H3,(H2,21,25,26). The minimum absolute atomic E-state index is 0.0220. The zero-order valence-corrected chi connectivity index (χ0v) is 14.5. The molecule has 0 aliphatic rings. The summed E-state index contributed by atoms with van der Waals surface area (Å²) in [5.41, 5.74) is -0.790. The molecule has 3 aromatic rings. The Balaban J connectivity index is 2.23. The highest BCUT2D eigenvalue weighted by Crippen LogP contribution is 2.33. The van der Waals surface area contributed by atoms with Crippen molar-refractivity contribution in [3.05, 3.63) is 59.7 Å². The number of primary sulfonamides is 1. The normalized spacial score (nSPS) is 12.4. The van der Waals surface area contributed by atoms with Crippen molar-refractivity contribution >= 4 is 10.0 Å². The Hall–Kier alpha value is -2.79. The van der Waals surface area contributed by atoms with E-state index in [1.54, 1.807) is 19.1 Å². The van der Waals surface area contributed by atoms with E-state index in [4.69, 9.17) is 5.14 Å². The van der Waals surface area contributed by atoms with E-state index in [1.165, 1.54) is 6.07 Å². The minimum Gasteiger partial charge on any atom is -0.234 e. The van der Waals surface area contributed by atoms with Crippen molar-refractivity contribution in [3.8, 4) is 17.1 Å². The van der Waals surface area contributed by atoms with E-state index in [2.05, 4.69) is 10.1 Å². The number of aromatic nitrogens is 3. The fraction of sp³-hybridized carbons (Fsp3) is 0.125. The van der Waals surface area contributed by atoms with Crippen LogP contribution in [0, 0.1) is 12.7 Å². The maximum Gasteiger partial charge on any atom is 0.435 e. The highest BCUT2D eigenvalue weighted by atomic mass is 32.2. The first-order valence-corrected chi connectivity index (χ1v) is 8.95. The molecule has 2 N–H and O–H groups in total. The molecule has 0 aliphatic heterocycles. The number of nitrogens with zero attached hydrogens (tertiary/aromatic N) is 3. The Morgan fingerprint density at radius 1 is 1.11 bits per heavy atom. The number of halogens is 4. The lowest BCUT2D eigenvalue weighted by Crippen LogP contribution is -2.14. The van der Waals surface area contributed by atoms with Gasteiger partial charge < -0.3 is 0 Å². The first kappa shape index (κ1) is 19.0. The summed E-state index contributed by atoms with van der Waals surface area (Å²) >= 11 is 0. The molecule has 0 bridgehead atoms. The van der Waals surface area contributed by atoms with Crippen LogP contribution in [-0.2, 0) is 16.2 Å². The van der Waals surface area contributed by atoms with Gasteiger partial charge >= 0.3 is 6.18 Å². The summed E-state index contributed by atoms with van der Waals surface area (Å²) in [5, 5.41) is 8.43. The van der Waals surface area contributed by atoms with E-state index in [-0.39, 0.29) is 17.1 Å². The van der Waals surface area contributed by atoms with Crippen molar-refractivity contribution in [3.63, 3.8) is 0 Å². The quantitative estimate of drug-likeness (QED) is 0.684. The van der Waals surface area contributed by atoms with Gasteiger partial charge in [-0.1, -0.05) is 12.1 Å². The van der Waals surface area contributed by atoms with Gasteiger partial charge in [-0.05, 0) is 37.3 Å². The molecule has 0 fully saturated rings. The highest BCUT2D eigenvalue weighted by Gasteiger charge is 2.35. The third-order valence-electron chi connectivity index (χ3n) is 3.62. The SMILES string of the molecule is Cc1cccc(-n2nc(C(F)(F)F)cc2-c2ccc(S(N)(=O)=O)c(F)c2)n1. The van der Waals surface area contributed by atoms with Gasteiger partial charge in [-0.2, -0.15) is 18.3 Å². The number of nitrogens with two attached hydrogens (primary N) is 1. The number of pyridine rings is 1. The molecule has 2 heterocycles. The van der Waals surface area contributed by atoms with Gasteiger partial charge in [-0.15, -0.1) is 0 Å². The van der Waals surface area contributed by atoms with Gasteiger partial charge in [0.15, 0.2) is 11.5 Å². The molecule has 0 aliphatic carbocycles. The average Bonchev–Trinajstić information content (AvgIpc) is 2.99. The third kappa shape index (κ3) is 3.83. The maximum atomic E-state index is 14.1. The van der Waals surface area contributed by atoms with Gasteiger partial charge in [0, 0.05) is 11.3 Å². The lowest BCUT2D eigenvalue weighted by Gasteiger charge is -2.08. The van der Waals surface area contributed by atoms with Crippen molar-refractivity contribution in [1.29, 1.82) is 0 Å². The zero-order chi connectivity index (χ0) is 20.0. The monoisotopic (exact) mass is 400 g/mol. The number of benzene rings is 1. The molecule has 2 aromatic heterocycles. The molecule has 142 valence electrons. The molecular formula is C16H12F4N4O2S. The second-order valence-corrected chi connectivity index (χ2v) is 7.18. The molecule has 0 saturated heterocycles. The Morgan fingerprint density at radius 3 is 2.37 bits per heavy atom. The van der Waals surface area contributed by atoms with Gasteiger partial charge in [-0.25, -0.2) is 27.6 Å². The maximum absolute atomic E-state index is 14.1. The number of hydrogen-bond acceptors (Lipinski definition) is 4. The molecular weight excluding hydrogens is 388 g/mol. The van der Waals surface area contributed by atoms with Crippen molar-refractivity contribution < 1.29 is 26.0 Å². The fourth-order valence-corrected chi connectivity index (χ4v) is 3.03. The minimum atomic E-state index is -4.73. The van der Waals surface area contributed by atoms with Gasteiger partial charge in [0.2, 0.25) is 10.0 Å². The predicted molar refractivity (Wildman–Crippen MR) is 87.9 cm³/mol. The van der Waals surface area contributed by atoms with Crippen molar-refractivity contribution in [2.45, 2.75) is 18.0 Å². The first-order valence-electron chi connectivity index (χ1n) is 7.41. The Morgan fingerprint density at radius 2 is 1.81 bits per heavy atom. The van der Waals surface area contributed by atoms with Crippen LogP contribution in [0.15, 0.2) is 47.4 Å². The van der Waals surface area contributed by atoms with Gasteiger partial charge in [-0.3, -0.25) is 0 Å². The van der Waals surface area contributed by atoms with E-state index >= 15 is 0 Å². The van der Waals surface area contributed by atoms with Crippen LogP contribution in [0.1, 0.15) is 11.4 Å². The molecule has 0 saturated carbocycles. The van der Waals surface area contributed by atoms with Crippen molar-refractivity contribution in [2.75, 3.05) is 0 Å². The first-order chi connectivity index (χ1) is 12.5. The van der Waals surface area contributed by atoms with E-state index in [9.17, 15) is 26.0 Å². The van der Waals surface area contributed by atoms with E-state index in [1.807, 2.05) is 0 Å². The molecule has 27 heavy (non-hydrogen) atoms. The summed E-state index contributed by atoms with van der Waals surface area (Å²) < 4.78 is 77.1. The molecule has 1 aromatic carbocycles. The molecule has 0 unspecified atom stereocenters. The predicted octanol–water partition coefficient (Wildman–Crippen LogP) is 3.05. The van der Waals surface area contributed by atoms with Crippen LogP contribution in [0.25, 0.3) is 17.1 Å².